The Kier molecular flexibility index (Phi) is 7.52. The van der Waals surface area contributed by atoms with Crippen LogP contribution in [-0.4, -0.2) is 24.7 Å². The fourth-order valence-electron chi connectivity index (χ4n) is 1.57. The highest BCUT2D eigenvalue weighted by Crippen LogP contribution is 2.19. The number of hydrogen-bond donors (Lipinski definition) is 1. The molecule has 1 N–H and O–H groups in total. The highest BCUT2D eigenvalue weighted by Gasteiger charge is 2.07. The van der Waals surface area contributed by atoms with E-state index in [9.17, 15) is 8.78 Å². The third-order valence-electron chi connectivity index (χ3n) is 2.54. The number of benzene rings is 1. The van der Waals surface area contributed by atoms with E-state index >= 15 is 0 Å². The van der Waals surface area contributed by atoms with Gasteiger partial charge in [-0.2, -0.15) is 20.5 Å². The third-order valence-corrected chi connectivity index (χ3v) is 3.50. The maximum Gasteiger partial charge on any atom is 0.387 e. The molecule has 0 heterocycles. The van der Waals surface area contributed by atoms with Crippen LogP contribution in [0.25, 0.3) is 0 Å². The van der Waals surface area contributed by atoms with E-state index in [-0.39, 0.29) is 11.8 Å². The van der Waals surface area contributed by atoms with Gasteiger partial charge in [-0.1, -0.05) is 18.2 Å². The number of alkyl halides is 2. The highest BCUT2D eigenvalue weighted by atomic mass is 32.2. The Hall–Kier alpha value is -1.07. The molecule has 0 amide bonds. The van der Waals surface area contributed by atoms with Gasteiger partial charge in [0.05, 0.1) is 0 Å². The molecule has 0 aliphatic heterocycles. The van der Waals surface area contributed by atoms with E-state index in [4.69, 9.17) is 0 Å². The van der Waals surface area contributed by atoms with E-state index in [2.05, 4.69) is 16.6 Å². The maximum absolute atomic E-state index is 12.0. The number of ether oxygens (including phenoxy) is 1. The molecule has 0 spiro atoms. The van der Waals surface area contributed by atoms with Crippen molar-refractivity contribution < 1.29 is 13.5 Å². The van der Waals surface area contributed by atoms with Crippen LogP contribution in [0.4, 0.5) is 8.78 Å². The lowest BCUT2D eigenvalue weighted by atomic mass is 10.1. The van der Waals surface area contributed by atoms with Gasteiger partial charge in [0, 0.05) is 24.1 Å². The van der Waals surface area contributed by atoms with Gasteiger partial charge in [0.2, 0.25) is 0 Å². The standard InChI is InChI=1S/C14H19F2NOS/c1-3-9-19-10-8-17-11(2)12-4-6-13(7-5-12)18-14(15)16/h3-7,11,14,17H,1,8-10H2,2H3. The van der Waals surface area contributed by atoms with Gasteiger partial charge in [0.1, 0.15) is 5.75 Å². The van der Waals surface area contributed by atoms with Crippen molar-refractivity contribution in [2.24, 2.45) is 0 Å². The van der Waals surface area contributed by atoms with Crippen molar-refractivity contribution >= 4 is 11.8 Å². The molecule has 0 fully saturated rings. The molecular formula is C14H19F2NOS. The molecule has 0 radical (unpaired) electrons. The molecule has 1 aromatic carbocycles. The average molecular weight is 287 g/mol. The Labute approximate surface area is 117 Å². The molecular weight excluding hydrogens is 268 g/mol. The highest BCUT2D eigenvalue weighted by molar-refractivity contribution is 7.99. The number of rotatable bonds is 9. The Morgan fingerprint density at radius 1 is 1.37 bits per heavy atom. The molecule has 0 saturated heterocycles. The van der Waals surface area contributed by atoms with Crippen LogP contribution in [0, 0.1) is 0 Å². The zero-order valence-corrected chi connectivity index (χ0v) is 11.8. The summed E-state index contributed by atoms with van der Waals surface area (Å²) in [4.78, 5) is 0. The molecule has 1 rings (SSSR count). The SMILES string of the molecule is C=CCSCCNC(C)c1ccc(OC(F)F)cc1. The first-order chi connectivity index (χ1) is 9.13. The summed E-state index contributed by atoms with van der Waals surface area (Å²) in [6, 6.07) is 6.90. The Bertz CT molecular complexity index is 370. The summed E-state index contributed by atoms with van der Waals surface area (Å²) in [5.74, 6) is 2.16. The Morgan fingerprint density at radius 3 is 2.63 bits per heavy atom. The van der Waals surface area contributed by atoms with Crippen molar-refractivity contribution in [3.8, 4) is 5.75 Å². The normalized spacial score (nSPS) is 12.4. The predicted octanol–water partition coefficient (Wildman–Crippen LogP) is 3.86. The minimum Gasteiger partial charge on any atom is -0.435 e. The zero-order valence-electron chi connectivity index (χ0n) is 10.9. The van der Waals surface area contributed by atoms with Crippen molar-refractivity contribution in [1.29, 1.82) is 0 Å². The van der Waals surface area contributed by atoms with Gasteiger partial charge in [-0.15, -0.1) is 6.58 Å². The molecule has 0 saturated carbocycles. The Balaban J connectivity index is 2.35. The number of thioether (sulfide) groups is 1. The smallest absolute Gasteiger partial charge is 0.387 e. The Morgan fingerprint density at radius 2 is 2.05 bits per heavy atom. The summed E-state index contributed by atoms with van der Waals surface area (Å²) in [5, 5.41) is 3.37. The lowest BCUT2D eigenvalue weighted by Crippen LogP contribution is -2.21. The van der Waals surface area contributed by atoms with Crippen molar-refractivity contribution in [2.45, 2.75) is 19.6 Å². The fraction of sp³-hybridized carbons (Fsp3) is 0.429. The second kappa shape index (κ2) is 8.93. The number of halogens is 2. The van der Waals surface area contributed by atoms with Crippen LogP contribution in [-0.2, 0) is 0 Å². The monoisotopic (exact) mass is 287 g/mol. The minimum absolute atomic E-state index is 0.185. The van der Waals surface area contributed by atoms with Crippen LogP contribution in [0.2, 0.25) is 0 Å². The van der Waals surface area contributed by atoms with Crippen molar-refractivity contribution in [2.75, 3.05) is 18.1 Å². The van der Waals surface area contributed by atoms with Crippen molar-refractivity contribution in [3.05, 3.63) is 42.5 Å². The molecule has 0 aliphatic rings. The first kappa shape index (κ1) is 16.0. The summed E-state index contributed by atoms with van der Waals surface area (Å²) < 4.78 is 28.3. The molecule has 0 aliphatic carbocycles. The molecule has 1 unspecified atom stereocenters. The number of nitrogens with one attached hydrogen (secondary N) is 1. The second-order valence-corrected chi connectivity index (χ2v) is 5.14. The van der Waals surface area contributed by atoms with Crippen LogP contribution >= 0.6 is 11.8 Å². The number of hydrogen-bond acceptors (Lipinski definition) is 3. The molecule has 5 heteroatoms. The molecule has 0 aromatic heterocycles. The second-order valence-electron chi connectivity index (χ2n) is 3.99. The van der Waals surface area contributed by atoms with E-state index in [1.807, 2.05) is 24.8 Å². The lowest BCUT2D eigenvalue weighted by molar-refractivity contribution is -0.0498. The molecule has 1 atom stereocenters. The van der Waals surface area contributed by atoms with Gasteiger partial charge in [-0.25, -0.2) is 0 Å². The molecule has 19 heavy (non-hydrogen) atoms. The minimum atomic E-state index is -2.77. The summed E-state index contributed by atoms with van der Waals surface area (Å²) in [6.45, 7) is 3.83. The van der Waals surface area contributed by atoms with E-state index in [0.29, 0.717) is 0 Å². The summed E-state index contributed by atoms with van der Waals surface area (Å²) in [5.41, 5.74) is 1.05. The van der Waals surface area contributed by atoms with Gasteiger partial charge in [0.15, 0.2) is 0 Å². The van der Waals surface area contributed by atoms with Gasteiger partial charge in [-0.05, 0) is 24.6 Å². The summed E-state index contributed by atoms with van der Waals surface area (Å²) >= 11 is 1.82. The molecule has 106 valence electrons. The van der Waals surface area contributed by atoms with E-state index in [0.717, 1.165) is 23.6 Å². The van der Waals surface area contributed by atoms with Crippen LogP contribution < -0.4 is 10.1 Å². The first-order valence-corrected chi connectivity index (χ1v) is 7.25. The van der Waals surface area contributed by atoms with Crippen molar-refractivity contribution in [1.82, 2.24) is 5.32 Å². The largest absolute Gasteiger partial charge is 0.435 e. The van der Waals surface area contributed by atoms with E-state index in [1.54, 1.807) is 24.3 Å². The topological polar surface area (TPSA) is 21.3 Å². The van der Waals surface area contributed by atoms with Gasteiger partial charge < -0.3 is 10.1 Å². The van der Waals surface area contributed by atoms with Crippen molar-refractivity contribution in [3.63, 3.8) is 0 Å². The quantitative estimate of drug-likeness (QED) is 0.550. The van der Waals surface area contributed by atoms with Crippen LogP contribution in [0.3, 0.4) is 0 Å². The fourth-order valence-corrected chi connectivity index (χ4v) is 2.17. The third kappa shape index (κ3) is 6.59. The summed E-state index contributed by atoms with van der Waals surface area (Å²) in [6.07, 6.45) is 1.88. The van der Waals surface area contributed by atoms with E-state index in [1.165, 1.54) is 0 Å². The van der Waals surface area contributed by atoms with Gasteiger partial charge in [0.25, 0.3) is 0 Å². The molecule has 0 bridgehead atoms. The summed E-state index contributed by atoms with van der Waals surface area (Å²) in [7, 11) is 0. The van der Waals surface area contributed by atoms with Crippen LogP contribution in [0.1, 0.15) is 18.5 Å². The van der Waals surface area contributed by atoms with Crippen LogP contribution in [0.15, 0.2) is 36.9 Å². The van der Waals surface area contributed by atoms with Gasteiger partial charge in [-0.3, -0.25) is 0 Å². The maximum atomic E-state index is 12.0. The first-order valence-electron chi connectivity index (χ1n) is 6.10. The average Bonchev–Trinajstić information content (AvgIpc) is 2.38. The zero-order chi connectivity index (χ0) is 14.1. The van der Waals surface area contributed by atoms with Crippen LogP contribution in [0.5, 0.6) is 5.75 Å². The molecule has 1 aromatic rings. The lowest BCUT2D eigenvalue weighted by Gasteiger charge is -2.14. The predicted molar refractivity (Wildman–Crippen MR) is 77.0 cm³/mol. The molecule has 2 nitrogen and oxygen atoms in total. The van der Waals surface area contributed by atoms with Gasteiger partial charge >= 0.3 is 6.61 Å². The van der Waals surface area contributed by atoms with E-state index < -0.39 is 6.61 Å².